The third-order valence-electron chi connectivity index (χ3n) is 2.19. The topological polar surface area (TPSA) is 75.9 Å². The van der Waals surface area contributed by atoms with Gasteiger partial charge in [0.15, 0.2) is 0 Å². The predicted octanol–water partition coefficient (Wildman–Crippen LogP) is 2.28. The maximum atomic E-state index is 5.43. The summed E-state index contributed by atoms with van der Waals surface area (Å²) in [6.07, 6.45) is 1.53. The summed E-state index contributed by atoms with van der Waals surface area (Å²) in [6.45, 7) is 2.04. The lowest BCUT2D eigenvalue weighted by atomic mass is 10.4. The monoisotopic (exact) mass is 327 g/mol. The molecule has 2 aromatic rings. The molecule has 0 atom stereocenters. The van der Waals surface area contributed by atoms with Crippen molar-refractivity contribution in [2.75, 3.05) is 23.7 Å². The van der Waals surface area contributed by atoms with E-state index in [4.69, 9.17) is 5.73 Å². The molecule has 5 nitrogen and oxygen atoms in total. The molecule has 2 aromatic heterocycles. The van der Waals surface area contributed by atoms with E-state index in [2.05, 4.69) is 42.6 Å². The van der Waals surface area contributed by atoms with Crippen LogP contribution in [-0.2, 0) is 6.54 Å². The van der Waals surface area contributed by atoms with E-state index in [-0.39, 0.29) is 0 Å². The number of thiophene rings is 1. The number of rotatable bonds is 6. The van der Waals surface area contributed by atoms with Crippen molar-refractivity contribution in [1.29, 1.82) is 0 Å². The number of nitrogens with two attached hydrogens (primary N) is 1. The highest BCUT2D eigenvalue weighted by molar-refractivity contribution is 9.11. The summed E-state index contributed by atoms with van der Waals surface area (Å²) in [7, 11) is 0. The van der Waals surface area contributed by atoms with Crippen molar-refractivity contribution in [3.63, 3.8) is 0 Å². The Kier molecular flexibility index (Phi) is 4.91. The maximum absolute atomic E-state index is 5.43. The summed E-state index contributed by atoms with van der Waals surface area (Å²) in [4.78, 5) is 9.53. The molecule has 0 aliphatic heterocycles. The fraction of sp³-hybridized carbons (Fsp3) is 0.273. The van der Waals surface area contributed by atoms with Crippen molar-refractivity contribution in [2.45, 2.75) is 6.54 Å². The van der Waals surface area contributed by atoms with Crippen LogP contribution in [0.15, 0.2) is 28.3 Å². The van der Waals surface area contributed by atoms with Gasteiger partial charge in [-0.2, -0.15) is 0 Å². The standard InChI is InChI=1S/C11H14BrN5S/c12-9-2-1-8(18-9)6-15-11-5-10(14-4-3-13)16-7-17-11/h1-2,5,7H,3-4,6,13H2,(H2,14,15,16,17). The molecule has 4 N–H and O–H groups in total. The molecule has 0 saturated heterocycles. The van der Waals surface area contributed by atoms with Gasteiger partial charge in [0, 0.05) is 24.0 Å². The van der Waals surface area contributed by atoms with Crippen molar-refractivity contribution < 1.29 is 0 Å². The zero-order valence-corrected chi connectivity index (χ0v) is 12.1. The van der Waals surface area contributed by atoms with Crippen molar-refractivity contribution in [1.82, 2.24) is 9.97 Å². The second-order valence-corrected chi connectivity index (χ2v) is 6.11. The van der Waals surface area contributed by atoms with Crippen molar-refractivity contribution >= 4 is 38.9 Å². The van der Waals surface area contributed by atoms with Gasteiger partial charge in [-0.15, -0.1) is 11.3 Å². The van der Waals surface area contributed by atoms with Gasteiger partial charge in [0.25, 0.3) is 0 Å². The molecule has 0 fully saturated rings. The molecule has 18 heavy (non-hydrogen) atoms. The lowest BCUT2D eigenvalue weighted by molar-refractivity contribution is 1.00. The first-order chi connectivity index (χ1) is 8.78. The van der Waals surface area contributed by atoms with Crippen LogP contribution in [0.3, 0.4) is 0 Å². The van der Waals surface area contributed by atoms with E-state index in [1.54, 1.807) is 11.3 Å². The van der Waals surface area contributed by atoms with E-state index in [1.165, 1.54) is 11.2 Å². The molecule has 0 aliphatic rings. The van der Waals surface area contributed by atoms with Gasteiger partial charge in [0.2, 0.25) is 0 Å². The molecule has 0 unspecified atom stereocenters. The van der Waals surface area contributed by atoms with E-state index >= 15 is 0 Å². The van der Waals surface area contributed by atoms with E-state index < -0.39 is 0 Å². The Morgan fingerprint density at radius 2 is 2.00 bits per heavy atom. The van der Waals surface area contributed by atoms with Gasteiger partial charge < -0.3 is 16.4 Å². The first-order valence-electron chi connectivity index (χ1n) is 5.52. The largest absolute Gasteiger partial charge is 0.369 e. The van der Waals surface area contributed by atoms with Gasteiger partial charge in [-0.3, -0.25) is 0 Å². The van der Waals surface area contributed by atoms with Crippen LogP contribution >= 0.6 is 27.3 Å². The van der Waals surface area contributed by atoms with E-state index in [0.717, 1.165) is 22.0 Å². The highest BCUT2D eigenvalue weighted by Gasteiger charge is 2.00. The number of nitrogens with zero attached hydrogens (tertiary/aromatic N) is 2. The molecule has 96 valence electrons. The molecule has 0 amide bonds. The van der Waals surface area contributed by atoms with Crippen LogP contribution in [0.4, 0.5) is 11.6 Å². The number of aromatic nitrogens is 2. The third-order valence-corrected chi connectivity index (χ3v) is 3.81. The molecule has 0 aliphatic carbocycles. The Labute approximate surface area is 118 Å². The van der Waals surface area contributed by atoms with Crippen LogP contribution in [0.2, 0.25) is 0 Å². The molecule has 0 saturated carbocycles. The van der Waals surface area contributed by atoms with Gasteiger partial charge in [-0.25, -0.2) is 9.97 Å². The maximum Gasteiger partial charge on any atom is 0.131 e. The minimum Gasteiger partial charge on any atom is -0.369 e. The summed E-state index contributed by atoms with van der Waals surface area (Å²) in [5, 5.41) is 6.37. The lowest BCUT2D eigenvalue weighted by Crippen LogP contribution is -2.14. The van der Waals surface area contributed by atoms with Crippen LogP contribution in [0.5, 0.6) is 0 Å². The SMILES string of the molecule is NCCNc1cc(NCc2ccc(Br)s2)ncn1. The summed E-state index contributed by atoms with van der Waals surface area (Å²) >= 11 is 5.15. The Hall–Kier alpha value is -1.18. The van der Waals surface area contributed by atoms with Gasteiger partial charge in [0.1, 0.15) is 18.0 Å². The Morgan fingerprint density at radius 3 is 2.67 bits per heavy atom. The number of anilines is 2. The van der Waals surface area contributed by atoms with E-state index in [1.807, 2.05) is 12.1 Å². The minimum absolute atomic E-state index is 0.579. The molecule has 0 aromatic carbocycles. The highest BCUT2D eigenvalue weighted by atomic mass is 79.9. The van der Waals surface area contributed by atoms with Crippen LogP contribution in [0.25, 0.3) is 0 Å². The summed E-state index contributed by atoms with van der Waals surface area (Å²) < 4.78 is 1.13. The Balaban J connectivity index is 1.92. The number of halogens is 1. The van der Waals surface area contributed by atoms with Crippen LogP contribution < -0.4 is 16.4 Å². The van der Waals surface area contributed by atoms with Crippen LogP contribution in [-0.4, -0.2) is 23.1 Å². The molecule has 7 heteroatoms. The minimum atomic E-state index is 0.579. The number of nitrogens with one attached hydrogen (secondary N) is 2. The zero-order chi connectivity index (χ0) is 12.8. The molecular weight excluding hydrogens is 314 g/mol. The van der Waals surface area contributed by atoms with Crippen LogP contribution in [0.1, 0.15) is 4.88 Å². The summed E-state index contributed by atoms with van der Waals surface area (Å²) in [6, 6.07) is 5.99. The van der Waals surface area contributed by atoms with Crippen LogP contribution in [0, 0.1) is 0 Å². The van der Waals surface area contributed by atoms with Gasteiger partial charge in [0.05, 0.1) is 10.3 Å². The smallest absolute Gasteiger partial charge is 0.131 e. The summed E-state index contributed by atoms with van der Waals surface area (Å²) in [5.41, 5.74) is 5.43. The first kappa shape index (κ1) is 13.3. The molecular formula is C11H14BrN5S. The predicted molar refractivity (Wildman–Crippen MR) is 78.9 cm³/mol. The lowest BCUT2D eigenvalue weighted by Gasteiger charge is -2.07. The molecule has 2 rings (SSSR count). The second kappa shape index (κ2) is 6.67. The quantitative estimate of drug-likeness (QED) is 0.758. The molecule has 2 heterocycles. The highest BCUT2D eigenvalue weighted by Crippen LogP contribution is 2.22. The fourth-order valence-electron chi connectivity index (χ4n) is 1.38. The molecule has 0 spiro atoms. The average molecular weight is 328 g/mol. The summed E-state index contributed by atoms with van der Waals surface area (Å²) in [5.74, 6) is 1.58. The van der Waals surface area contributed by atoms with Gasteiger partial charge >= 0.3 is 0 Å². The van der Waals surface area contributed by atoms with Crippen molar-refractivity contribution in [3.05, 3.63) is 33.2 Å². The zero-order valence-electron chi connectivity index (χ0n) is 9.69. The normalized spacial score (nSPS) is 10.3. The van der Waals surface area contributed by atoms with Crippen molar-refractivity contribution in [3.8, 4) is 0 Å². The molecule has 0 bridgehead atoms. The molecule has 0 radical (unpaired) electrons. The van der Waals surface area contributed by atoms with Gasteiger partial charge in [-0.1, -0.05) is 0 Å². The van der Waals surface area contributed by atoms with E-state index in [0.29, 0.717) is 13.1 Å². The number of hydrogen-bond donors (Lipinski definition) is 3. The second-order valence-electron chi connectivity index (χ2n) is 3.56. The fourth-order valence-corrected chi connectivity index (χ4v) is 2.80. The Morgan fingerprint density at radius 1 is 1.22 bits per heavy atom. The average Bonchev–Trinajstić information content (AvgIpc) is 2.80. The van der Waals surface area contributed by atoms with E-state index in [9.17, 15) is 0 Å². The third kappa shape index (κ3) is 3.94. The van der Waals surface area contributed by atoms with Crippen molar-refractivity contribution in [2.24, 2.45) is 5.73 Å². The Bertz CT molecular complexity index is 502. The van der Waals surface area contributed by atoms with Gasteiger partial charge in [-0.05, 0) is 28.1 Å². The first-order valence-corrected chi connectivity index (χ1v) is 7.13. The number of hydrogen-bond acceptors (Lipinski definition) is 6.